The van der Waals surface area contributed by atoms with Gasteiger partial charge >= 0.3 is 0 Å². The lowest BCUT2D eigenvalue weighted by Crippen LogP contribution is -2.36. The summed E-state index contributed by atoms with van der Waals surface area (Å²) in [5.41, 5.74) is 6.02. The lowest BCUT2D eigenvalue weighted by molar-refractivity contribution is -0.120. The number of carbonyl (C=O) groups is 2. The van der Waals surface area contributed by atoms with Crippen LogP contribution >= 0.6 is 0 Å². The number of nitrogens with one attached hydrogen (secondary N) is 1. The number of nitrogens with zero attached hydrogens (tertiary/aromatic N) is 1. The predicted octanol–water partition coefficient (Wildman–Crippen LogP) is 3.91. The standard InChI is InChI=1S/C20H24N2O2/c1-13-6-8-18(10-15(13)3)21-20(24)12-22(17(5)23)19-9-7-14(2)16(4)11-19/h6-11H,12H2,1-5H3,(H,21,24). The van der Waals surface area contributed by atoms with Gasteiger partial charge in [-0.15, -0.1) is 0 Å². The molecular weight excluding hydrogens is 300 g/mol. The average molecular weight is 324 g/mol. The summed E-state index contributed by atoms with van der Waals surface area (Å²) in [7, 11) is 0. The summed E-state index contributed by atoms with van der Waals surface area (Å²) in [4.78, 5) is 25.8. The highest BCUT2D eigenvalue weighted by atomic mass is 16.2. The second-order valence-corrected chi connectivity index (χ2v) is 6.22. The molecule has 0 atom stereocenters. The maximum atomic E-state index is 12.3. The van der Waals surface area contributed by atoms with Gasteiger partial charge in [0.2, 0.25) is 11.8 Å². The van der Waals surface area contributed by atoms with Gasteiger partial charge in [0.1, 0.15) is 6.54 Å². The van der Waals surface area contributed by atoms with Crippen molar-refractivity contribution < 1.29 is 9.59 Å². The molecule has 2 rings (SSSR count). The predicted molar refractivity (Wildman–Crippen MR) is 98.5 cm³/mol. The van der Waals surface area contributed by atoms with Crippen LogP contribution < -0.4 is 10.2 Å². The Kier molecular flexibility index (Phi) is 5.39. The van der Waals surface area contributed by atoms with Crippen LogP contribution in [0.1, 0.15) is 29.2 Å². The smallest absolute Gasteiger partial charge is 0.244 e. The molecule has 0 bridgehead atoms. The molecule has 0 fully saturated rings. The molecule has 0 aliphatic carbocycles. The van der Waals surface area contributed by atoms with Gasteiger partial charge in [-0.2, -0.15) is 0 Å². The first kappa shape index (κ1) is 17.7. The van der Waals surface area contributed by atoms with Crippen molar-refractivity contribution in [1.82, 2.24) is 0 Å². The molecule has 2 aromatic rings. The number of hydrogen-bond donors (Lipinski definition) is 1. The number of carbonyl (C=O) groups excluding carboxylic acids is 2. The van der Waals surface area contributed by atoms with E-state index in [9.17, 15) is 9.59 Å². The molecule has 24 heavy (non-hydrogen) atoms. The fourth-order valence-electron chi connectivity index (χ4n) is 2.44. The second-order valence-electron chi connectivity index (χ2n) is 6.22. The van der Waals surface area contributed by atoms with E-state index in [1.54, 1.807) is 0 Å². The minimum Gasteiger partial charge on any atom is -0.325 e. The van der Waals surface area contributed by atoms with Crippen LogP contribution in [0, 0.1) is 27.7 Å². The summed E-state index contributed by atoms with van der Waals surface area (Å²) in [5.74, 6) is -0.375. The summed E-state index contributed by atoms with van der Waals surface area (Å²) >= 11 is 0. The molecule has 0 aliphatic rings. The van der Waals surface area contributed by atoms with E-state index < -0.39 is 0 Å². The van der Waals surface area contributed by atoms with Crippen LogP contribution in [0.4, 0.5) is 11.4 Å². The minimum atomic E-state index is -0.216. The van der Waals surface area contributed by atoms with Gasteiger partial charge in [0.25, 0.3) is 0 Å². The molecule has 0 unspecified atom stereocenters. The zero-order valence-electron chi connectivity index (χ0n) is 14.9. The van der Waals surface area contributed by atoms with Crippen LogP contribution in [-0.2, 0) is 9.59 Å². The van der Waals surface area contributed by atoms with E-state index in [4.69, 9.17) is 0 Å². The minimum absolute atomic E-state index is 0.00917. The van der Waals surface area contributed by atoms with Gasteiger partial charge in [0.15, 0.2) is 0 Å². The molecule has 0 aliphatic heterocycles. The fraction of sp³-hybridized carbons (Fsp3) is 0.300. The molecule has 4 nitrogen and oxygen atoms in total. The van der Waals surface area contributed by atoms with Crippen molar-refractivity contribution in [2.24, 2.45) is 0 Å². The van der Waals surface area contributed by atoms with Gasteiger partial charge < -0.3 is 10.2 Å². The van der Waals surface area contributed by atoms with E-state index in [0.717, 1.165) is 28.1 Å². The molecule has 0 aromatic heterocycles. The van der Waals surface area contributed by atoms with E-state index >= 15 is 0 Å². The second kappa shape index (κ2) is 7.30. The lowest BCUT2D eigenvalue weighted by atomic mass is 10.1. The maximum Gasteiger partial charge on any atom is 0.244 e. The summed E-state index contributed by atoms with van der Waals surface area (Å²) in [6.07, 6.45) is 0. The first-order valence-electron chi connectivity index (χ1n) is 8.00. The van der Waals surface area contributed by atoms with Crippen LogP contribution in [0.2, 0.25) is 0 Å². The lowest BCUT2D eigenvalue weighted by Gasteiger charge is -2.21. The summed E-state index contributed by atoms with van der Waals surface area (Å²) in [5, 5.41) is 2.86. The van der Waals surface area contributed by atoms with Crippen LogP contribution in [0.3, 0.4) is 0 Å². The molecule has 126 valence electrons. The Labute approximate surface area is 143 Å². The van der Waals surface area contributed by atoms with Crippen molar-refractivity contribution in [3.63, 3.8) is 0 Å². The highest BCUT2D eigenvalue weighted by Crippen LogP contribution is 2.19. The third-order valence-electron chi connectivity index (χ3n) is 4.27. The topological polar surface area (TPSA) is 49.4 Å². The number of amides is 2. The van der Waals surface area contributed by atoms with E-state index in [2.05, 4.69) is 5.32 Å². The van der Waals surface area contributed by atoms with E-state index in [1.165, 1.54) is 17.4 Å². The van der Waals surface area contributed by atoms with Crippen molar-refractivity contribution in [3.05, 3.63) is 58.7 Å². The van der Waals surface area contributed by atoms with Crippen molar-refractivity contribution in [2.45, 2.75) is 34.6 Å². The molecule has 0 radical (unpaired) electrons. The highest BCUT2D eigenvalue weighted by Gasteiger charge is 2.16. The van der Waals surface area contributed by atoms with Gasteiger partial charge in [-0.1, -0.05) is 12.1 Å². The highest BCUT2D eigenvalue weighted by molar-refractivity contribution is 6.01. The van der Waals surface area contributed by atoms with Gasteiger partial charge in [-0.3, -0.25) is 9.59 Å². The van der Waals surface area contributed by atoms with E-state index in [1.807, 2.05) is 64.1 Å². The zero-order chi connectivity index (χ0) is 17.9. The third-order valence-corrected chi connectivity index (χ3v) is 4.27. The van der Waals surface area contributed by atoms with Crippen molar-refractivity contribution >= 4 is 23.2 Å². The Bertz CT molecular complexity index is 781. The van der Waals surface area contributed by atoms with Crippen LogP contribution in [0.5, 0.6) is 0 Å². The van der Waals surface area contributed by atoms with Crippen LogP contribution in [-0.4, -0.2) is 18.4 Å². The number of benzene rings is 2. The SMILES string of the molecule is CC(=O)N(CC(=O)Nc1ccc(C)c(C)c1)c1ccc(C)c(C)c1. The summed E-state index contributed by atoms with van der Waals surface area (Å²) in [6, 6.07) is 11.5. The molecule has 0 spiro atoms. The monoisotopic (exact) mass is 324 g/mol. The normalized spacial score (nSPS) is 10.4. The van der Waals surface area contributed by atoms with Gasteiger partial charge in [-0.05, 0) is 74.2 Å². The Morgan fingerprint density at radius 1 is 0.875 bits per heavy atom. The van der Waals surface area contributed by atoms with Crippen molar-refractivity contribution in [2.75, 3.05) is 16.8 Å². The number of aryl methyl sites for hydroxylation is 4. The molecule has 4 heteroatoms. The van der Waals surface area contributed by atoms with Crippen LogP contribution in [0.25, 0.3) is 0 Å². The molecular formula is C20H24N2O2. The number of hydrogen-bond acceptors (Lipinski definition) is 2. The third kappa shape index (κ3) is 4.22. The van der Waals surface area contributed by atoms with Gasteiger partial charge in [0, 0.05) is 18.3 Å². The molecule has 0 saturated carbocycles. The van der Waals surface area contributed by atoms with Gasteiger partial charge in [0.05, 0.1) is 0 Å². The Morgan fingerprint density at radius 2 is 1.46 bits per heavy atom. The molecule has 0 heterocycles. The zero-order valence-corrected chi connectivity index (χ0v) is 14.9. The maximum absolute atomic E-state index is 12.3. The Balaban J connectivity index is 2.15. The Hall–Kier alpha value is -2.62. The summed E-state index contributed by atoms with van der Waals surface area (Å²) < 4.78 is 0. The van der Waals surface area contributed by atoms with Crippen LogP contribution in [0.15, 0.2) is 36.4 Å². The Morgan fingerprint density at radius 3 is 2.00 bits per heavy atom. The largest absolute Gasteiger partial charge is 0.325 e. The molecule has 2 amide bonds. The van der Waals surface area contributed by atoms with E-state index in [0.29, 0.717) is 0 Å². The molecule has 2 aromatic carbocycles. The average Bonchev–Trinajstić information content (AvgIpc) is 2.51. The molecule has 0 saturated heterocycles. The summed E-state index contributed by atoms with van der Waals surface area (Å²) in [6.45, 7) is 9.50. The molecule has 1 N–H and O–H groups in total. The van der Waals surface area contributed by atoms with E-state index in [-0.39, 0.29) is 18.4 Å². The number of rotatable bonds is 4. The fourth-order valence-corrected chi connectivity index (χ4v) is 2.44. The number of anilines is 2. The first-order chi connectivity index (χ1) is 11.3. The quantitative estimate of drug-likeness (QED) is 0.927. The van der Waals surface area contributed by atoms with Crippen molar-refractivity contribution in [1.29, 1.82) is 0 Å². The van der Waals surface area contributed by atoms with Crippen molar-refractivity contribution in [3.8, 4) is 0 Å². The first-order valence-corrected chi connectivity index (χ1v) is 8.00. The van der Waals surface area contributed by atoms with Gasteiger partial charge in [-0.25, -0.2) is 0 Å².